The van der Waals surface area contributed by atoms with Crippen molar-refractivity contribution in [2.24, 2.45) is 0 Å². The van der Waals surface area contributed by atoms with E-state index in [1.165, 1.54) is 0 Å². The average Bonchev–Trinajstić information content (AvgIpc) is 2.61. The fourth-order valence-electron chi connectivity index (χ4n) is 2.12. The maximum atomic E-state index is 12.3. The lowest BCUT2D eigenvalue weighted by atomic mass is 10.2. The molecule has 0 aliphatic carbocycles. The molecular formula is C21H22N2O2. The molecule has 2 N–H and O–H groups in total. The number of hydrogen-bond donors (Lipinski definition) is 2. The summed E-state index contributed by atoms with van der Waals surface area (Å²) in [6.45, 7) is 3.74. The SMILES string of the molecule is CC(C)NC(=O)/C(=C\C=C\c1ccccc1)NC(=O)c1ccccc1. The van der Waals surface area contributed by atoms with E-state index in [1.807, 2.05) is 56.3 Å². The monoisotopic (exact) mass is 334 g/mol. The molecule has 0 radical (unpaired) electrons. The van der Waals surface area contributed by atoms with Crippen molar-refractivity contribution in [3.8, 4) is 0 Å². The van der Waals surface area contributed by atoms with E-state index in [0.717, 1.165) is 5.56 Å². The molecule has 0 heterocycles. The summed E-state index contributed by atoms with van der Waals surface area (Å²) in [6, 6.07) is 18.5. The number of amides is 2. The minimum atomic E-state index is -0.322. The molecule has 0 saturated heterocycles. The van der Waals surface area contributed by atoms with Gasteiger partial charge in [0, 0.05) is 11.6 Å². The van der Waals surface area contributed by atoms with Crippen molar-refractivity contribution in [1.29, 1.82) is 0 Å². The maximum Gasteiger partial charge on any atom is 0.267 e. The summed E-state index contributed by atoms with van der Waals surface area (Å²) in [5.74, 6) is -0.643. The first-order chi connectivity index (χ1) is 12.1. The zero-order chi connectivity index (χ0) is 18.1. The fraction of sp³-hybridized carbons (Fsp3) is 0.143. The van der Waals surface area contributed by atoms with Crippen LogP contribution >= 0.6 is 0 Å². The number of allylic oxidation sites excluding steroid dienone is 2. The van der Waals surface area contributed by atoms with Crippen molar-refractivity contribution >= 4 is 17.9 Å². The van der Waals surface area contributed by atoms with Crippen LogP contribution in [0, 0.1) is 0 Å². The van der Waals surface area contributed by atoms with Gasteiger partial charge in [-0.05, 0) is 37.6 Å². The van der Waals surface area contributed by atoms with Crippen LogP contribution in [0.5, 0.6) is 0 Å². The summed E-state index contributed by atoms with van der Waals surface area (Å²) < 4.78 is 0. The van der Waals surface area contributed by atoms with E-state index < -0.39 is 0 Å². The first-order valence-electron chi connectivity index (χ1n) is 8.17. The van der Waals surface area contributed by atoms with E-state index in [2.05, 4.69) is 10.6 Å². The van der Waals surface area contributed by atoms with E-state index in [4.69, 9.17) is 0 Å². The fourth-order valence-corrected chi connectivity index (χ4v) is 2.12. The van der Waals surface area contributed by atoms with Gasteiger partial charge in [0.2, 0.25) is 0 Å². The molecule has 0 aromatic heterocycles. The highest BCUT2D eigenvalue weighted by atomic mass is 16.2. The van der Waals surface area contributed by atoms with E-state index >= 15 is 0 Å². The quantitative estimate of drug-likeness (QED) is 0.627. The highest BCUT2D eigenvalue weighted by Crippen LogP contribution is 2.04. The van der Waals surface area contributed by atoms with Gasteiger partial charge in [-0.15, -0.1) is 0 Å². The molecule has 0 aliphatic rings. The Labute approximate surface area is 148 Å². The smallest absolute Gasteiger partial charge is 0.267 e. The summed E-state index contributed by atoms with van der Waals surface area (Å²) in [5.41, 5.74) is 1.71. The highest BCUT2D eigenvalue weighted by Gasteiger charge is 2.14. The normalized spacial score (nSPS) is 11.6. The molecular weight excluding hydrogens is 312 g/mol. The maximum absolute atomic E-state index is 12.3. The third-order valence-electron chi connectivity index (χ3n) is 3.30. The van der Waals surface area contributed by atoms with E-state index in [-0.39, 0.29) is 23.6 Å². The van der Waals surface area contributed by atoms with Gasteiger partial charge in [-0.2, -0.15) is 0 Å². The Morgan fingerprint density at radius 2 is 1.52 bits per heavy atom. The van der Waals surface area contributed by atoms with Crippen molar-refractivity contribution in [2.75, 3.05) is 0 Å². The van der Waals surface area contributed by atoms with Crippen molar-refractivity contribution in [1.82, 2.24) is 10.6 Å². The molecule has 0 saturated carbocycles. The first kappa shape index (κ1) is 18.2. The molecule has 4 nitrogen and oxygen atoms in total. The Morgan fingerprint density at radius 1 is 0.920 bits per heavy atom. The third-order valence-corrected chi connectivity index (χ3v) is 3.30. The van der Waals surface area contributed by atoms with Crippen molar-refractivity contribution in [2.45, 2.75) is 19.9 Å². The summed E-state index contributed by atoms with van der Waals surface area (Å²) in [5, 5.41) is 5.48. The average molecular weight is 334 g/mol. The van der Waals surface area contributed by atoms with Gasteiger partial charge < -0.3 is 10.6 Å². The Balaban J connectivity index is 2.17. The van der Waals surface area contributed by atoms with Gasteiger partial charge >= 0.3 is 0 Å². The van der Waals surface area contributed by atoms with Gasteiger partial charge in [-0.25, -0.2) is 0 Å². The number of carbonyl (C=O) groups is 2. The molecule has 128 valence electrons. The van der Waals surface area contributed by atoms with E-state index in [1.54, 1.807) is 36.4 Å². The van der Waals surface area contributed by atoms with Crippen LogP contribution in [-0.2, 0) is 4.79 Å². The van der Waals surface area contributed by atoms with Crippen LogP contribution in [-0.4, -0.2) is 17.9 Å². The van der Waals surface area contributed by atoms with Crippen LogP contribution in [0.3, 0.4) is 0 Å². The molecule has 4 heteroatoms. The number of hydrogen-bond acceptors (Lipinski definition) is 2. The number of benzene rings is 2. The summed E-state index contributed by atoms with van der Waals surface area (Å²) in [7, 11) is 0. The van der Waals surface area contributed by atoms with Gasteiger partial charge in [0.05, 0.1) is 0 Å². The Morgan fingerprint density at radius 3 is 2.12 bits per heavy atom. The van der Waals surface area contributed by atoms with Crippen LogP contribution in [0.15, 0.2) is 78.5 Å². The lowest BCUT2D eigenvalue weighted by Crippen LogP contribution is -2.38. The first-order valence-corrected chi connectivity index (χ1v) is 8.17. The van der Waals surface area contributed by atoms with Crippen LogP contribution in [0.25, 0.3) is 6.08 Å². The Hall–Kier alpha value is -3.14. The van der Waals surface area contributed by atoms with Gasteiger partial charge in [-0.3, -0.25) is 9.59 Å². The molecule has 2 amide bonds. The third kappa shape index (κ3) is 6.11. The standard InChI is InChI=1S/C21H22N2O2/c1-16(2)22-21(25)19(15-9-12-17-10-5-3-6-11-17)23-20(24)18-13-7-4-8-14-18/h3-16H,1-2H3,(H,22,25)(H,23,24)/b12-9+,19-15+. The molecule has 0 bridgehead atoms. The predicted molar refractivity (Wildman–Crippen MR) is 101 cm³/mol. The van der Waals surface area contributed by atoms with Crippen LogP contribution in [0.2, 0.25) is 0 Å². The second-order valence-corrected chi connectivity index (χ2v) is 5.80. The van der Waals surface area contributed by atoms with Crippen molar-refractivity contribution in [3.05, 3.63) is 89.6 Å². The second-order valence-electron chi connectivity index (χ2n) is 5.80. The molecule has 0 unspecified atom stereocenters. The number of rotatable bonds is 6. The van der Waals surface area contributed by atoms with E-state index in [0.29, 0.717) is 5.56 Å². The molecule has 0 fully saturated rings. The molecule has 0 aliphatic heterocycles. The lowest BCUT2D eigenvalue weighted by Gasteiger charge is -2.12. The molecule has 25 heavy (non-hydrogen) atoms. The van der Waals surface area contributed by atoms with Gasteiger partial charge in [0.1, 0.15) is 5.70 Å². The highest BCUT2D eigenvalue weighted by molar-refractivity contribution is 6.03. The topological polar surface area (TPSA) is 58.2 Å². The summed E-state index contributed by atoms with van der Waals surface area (Å²) in [6.07, 6.45) is 5.22. The summed E-state index contributed by atoms with van der Waals surface area (Å²) in [4.78, 5) is 24.7. The minimum Gasteiger partial charge on any atom is -0.349 e. The number of nitrogens with one attached hydrogen (secondary N) is 2. The molecule has 2 aromatic rings. The minimum absolute atomic E-state index is 0.0253. The van der Waals surface area contributed by atoms with Gasteiger partial charge in [0.25, 0.3) is 11.8 Å². The van der Waals surface area contributed by atoms with Gasteiger partial charge in [0.15, 0.2) is 0 Å². The van der Waals surface area contributed by atoms with E-state index in [9.17, 15) is 9.59 Å². The Kier molecular flexibility index (Phi) is 6.72. The van der Waals surface area contributed by atoms with Crippen LogP contribution in [0.4, 0.5) is 0 Å². The molecule has 0 atom stereocenters. The number of carbonyl (C=O) groups excluding carboxylic acids is 2. The summed E-state index contributed by atoms with van der Waals surface area (Å²) >= 11 is 0. The molecule has 2 rings (SSSR count). The molecule has 0 spiro atoms. The van der Waals surface area contributed by atoms with Crippen molar-refractivity contribution in [3.63, 3.8) is 0 Å². The van der Waals surface area contributed by atoms with Gasteiger partial charge in [-0.1, -0.05) is 60.7 Å². The molecule has 2 aromatic carbocycles. The lowest BCUT2D eigenvalue weighted by molar-refractivity contribution is -0.118. The van der Waals surface area contributed by atoms with Crippen LogP contribution in [0.1, 0.15) is 29.8 Å². The Bertz CT molecular complexity index is 763. The largest absolute Gasteiger partial charge is 0.349 e. The zero-order valence-corrected chi connectivity index (χ0v) is 14.4. The predicted octanol–water partition coefficient (Wildman–Crippen LogP) is 3.54. The van der Waals surface area contributed by atoms with Crippen LogP contribution < -0.4 is 10.6 Å². The second kappa shape index (κ2) is 9.23. The van der Waals surface area contributed by atoms with Crippen molar-refractivity contribution < 1.29 is 9.59 Å². The zero-order valence-electron chi connectivity index (χ0n) is 14.4.